The Kier molecular flexibility index (Phi) is 3.95. The molecule has 0 spiro atoms. The van der Waals surface area contributed by atoms with Crippen molar-refractivity contribution in [1.82, 2.24) is 4.57 Å². The van der Waals surface area contributed by atoms with Crippen LogP contribution in [0.3, 0.4) is 0 Å². The third-order valence-corrected chi connectivity index (χ3v) is 3.68. The number of fused-ring (bicyclic) bond motifs is 1. The standard InChI is InChI=1S/C16H7F3N2O5/c17-10-4-8-14(5-11(10)18)20(6-9(15(8)22)16(23)24)13-2-1-7(21(25)26)3-12(13)19/h1-6H,(H,23,24). The van der Waals surface area contributed by atoms with Crippen LogP contribution in [-0.2, 0) is 0 Å². The Balaban J connectivity index is 2.44. The molecule has 1 aromatic heterocycles. The van der Waals surface area contributed by atoms with E-state index in [1.807, 2.05) is 0 Å². The van der Waals surface area contributed by atoms with Crippen molar-refractivity contribution in [3.05, 3.63) is 79.9 Å². The van der Waals surface area contributed by atoms with E-state index in [4.69, 9.17) is 5.11 Å². The van der Waals surface area contributed by atoms with Crippen LogP contribution < -0.4 is 5.43 Å². The second kappa shape index (κ2) is 5.99. The third-order valence-electron chi connectivity index (χ3n) is 3.68. The van der Waals surface area contributed by atoms with Gasteiger partial charge < -0.3 is 9.67 Å². The summed E-state index contributed by atoms with van der Waals surface area (Å²) in [5.41, 5.74) is -3.13. The van der Waals surface area contributed by atoms with Crippen LogP contribution in [0.2, 0.25) is 0 Å². The van der Waals surface area contributed by atoms with Crippen molar-refractivity contribution >= 4 is 22.6 Å². The van der Waals surface area contributed by atoms with Gasteiger partial charge in [-0.1, -0.05) is 0 Å². The Labute approximate surface area is 141 Å². The molecule has 132 valence electrons. The van der Waals surface area contributed by atoms with Crippen LogP contribution in [0.5, 0.6) is 0 Å². The van der Waals surface area contributed by atoms with Gasteiger partial charge in [0, 0.05) is 18.3 Å². The maximum absolute atomic E-state index is 14.3. The summed E-state index contributed by atoms with van der Waals surface area (Å²) < 4.78 is 42.3. The Bertz CT molecular complexity index is 1160. The largest absolute Gasteiger partial charge is 0.477 e. The number of nitro benzene ring substituents is 1. The maximum atomic E-state index is 14.3. The lowest BCUT2D eigenvalue weighted by molar-refractivity contribution is -0.385. The zero-order chi connectivity index (χ0) is 19.2. The van der Waals surface area contributed by atoms with Gasteiger partial charge in [0.2, 0.25) is 5.43 Å². The summed E-state index contributed by atoms with van der Waals surface area (Å²) in [5.74, 6) is -5.49. The van der Waals surface area contributed by atoms with E-state index in [1.165, 1.54) is 0 Å². The number of carbonyl (C=O) groups is 1. The molecule has 0 atom stereocenters. The number of carboxylic acids is 1. The monoisotopic (exact) mass is 364 g/mol. The number of pyridine rings is 1. The highest BCUT2D eigenvalue weighted by Crippen LogP contribution is 2.25. The zero-order valence-electron chi connectivity index (χ0n) is 12.6. The number of rotatable bonds is 3. The number of halogens is 3. The molecule has 0 saturated carbocycles. The fourth-order valence-electron chi connectivity index (χ4n) is 2.48. The maximum Gasteiger partial charge on any atom is 0.341 e. The molecular weight excluding hydrogens is 357 g/mol. The fraction of sp³-hybridized carbons (Fsp3) is 0. The van der Waals surface area contributed by atoms with Crippen LogP contribution in [-0.4, -0.2) is 20.6 Å². The molecule has 3 aromatic rings. The number of hydrogen-bond acceptors (Lipinski definition) is 4. The van der Waals surface area contributed by atoms with Gasteiger partial charge in [-0.3, -0.25) is 14.9 Å². The molecule has 0 fully saturated rings. The van der Waals surface area contributed by atoms with E-state index < -0.39 is 50.4 Å². The van der Waals surface area contributed by atoms with Crippen molar-refractivity contribution in [2.24, 2.45) is 0 Å². The van der Waals surface area contributed by atoms with E-state index in [1.54, 1.807) is 0 Å². The molecule has 0 aliphatic rings. The minimum absolute atomic E-state index is 0.299. The van der Waals surface area contributed by atoms with Crippen molar-refractivity contribution in [2.75, 3.05) is 0 Å². The average molecular weight is 364 g/mol. The summed E-state index contributed by atoms with van der Waals surface area (Å²) in [6, 6.07) is 3.62. The number of nitro groups is 1. The highest BCUT2D eigenvalue weighted by atomic mass is 19.2. The van der Waals surface area contributed by atoms with E-state index in [2.05, 4.69) is 0 Å². The highest BCUT2D eigenvalue weighted by molar-refractivity contribution is 5.93. The van der Waals surface area contributed by atoms with Gasteiger partial charge in [-0.2, -0.15) is 0 Å². The minimum atomic E-state index is -1.65. The van der Waals surface area contributed by atoms with Crippen molar-refractivity contribution in [1.29, 1.82) is 0 Å². The summed E-state index contributed by atoms with van der Waals surface area (Å²) in [6.07, 6.45) is 0.745. The van der Waals surface area contributed by atoms with E-state index in [0.29, 0.717) is 18.2 Å². The first-order chi connectivity index (χ1) is 12.2. The van der Waals surface area contributed by atoms with Crippen LogP contribution >= 0.6 is 0 Å². The van der Waals surface area contributed by atoms with Crippen molar-refractivity contribution in [2.45, 2.75) is 0 Å². The SMILES string of the molecule is O=C(O)c1cn(-c2ccc([N+](=O)[O-])cc2F)c2cc(F)c(F)cc2c1=O. The number of aromatic carboxylic acids is 1. The van der Waals surface area contributed by atoms with Crippen molar-refractivity contribution in [3.63, 3.8) is 0 Å². The summed E-state index contributed by atoms with van der Waals surface area (Å²) in [5, 5.41) is 19.4. The Morgan fingerprint density at radius 3 is 2.31 bits per heavy atom. The second-order valence-corrected chi connectivity index (χ2v) is 5.22. The van der Waals surface area contributed by atoms with Crippen LogP contribution in [0.15, 0.2) is 41.3 Å². The van der Waals surface area contributed by atoms with Crippen LogP contribution in [0.25, 0.3) is 16.6 Å². The van der Waals surface area contributed by atoms with Crippen molar-refractivity contribution in [3.8, 4) is 5.69 Å². The van der Waals surface area contributed by atoms with E-state index >= 15 is 0 Å². The molecule has 1 N–H and O–H groups in total. The first kappa shape index (κ1) is 17.1. The second-order valence-electron chi connectivity index (χ2n) is 5.22. The van der Waals surface area contributed by atoms with Gasteiger partial charge in [-0.15, -0.1) is 0 Å². The number of nitrogens with zero attached hydrogens (tertiary/aromatic N) is 2. The molecule has 10 heteroatoms. The quantitative estimate of drug-likeness (QED) is 0.568. The summed E-state index contributed by atoms with van der Waals surface area (Å²) in [6.45, 7) is 0. The molecule has 26 heavy (non-hydrogen) atoms. The van der Waals surface area contributed by atoms with E-state index in [0.717, 1.165) is 22.9 Å². The third kappa shape index (κ3) is 2.66. The molecule has 3 rings (SSSR count). The molecule has 0 amide bonds. The van der Waals surface area contributed by atoms with Crippen LogP contribution in [0.4, 0.5) is 18.9 Å². The van der Waals surface area contributed by atoms with Gasteiger partial charge in [0.1, 0.15) is 5.56 Å². The minimum Gasteiger partial charge on any atom is -0.477 e. The van der Waals surface area contributed by atoms with Crippen LogP contribution in [0, 0.1) is 27.6 Å². The number of non-ortho nitro benzene ring substituents is 1. The van der Waals surface area contributed by atoms with Gasteiger partial charge in [0.15, 0.2) is 17.5 Å². The number of benzene rings is 2. The molecule has 0 aliphatic heterocycles. The van der Waals surface area contributed by atoms with Gasteiger partial charge in [0.25, 0.3) is 5.69 Å². The van der Waals surface area contributed by atoms with Gasteiger partial charge in [-0.05, 0) is 12.1 Å². The van der Waals surface area contributed by atoms with E-state index in [-0.39, 0.29) is 11.2 Å². The average Bonchev–Trinajstić information content (AvgIpc) is 2.57. The Morgan fingerprint density at radius 2 is 1.73 bits per heavy atom. The fourth-order valence-corrected chi connectivity index (χ4v) is 2.48. The van der Waals surface area contributed by atoms with Crippen LogP contribution in [0.1, 0.15) is 10.4 Å². The molecule has 0 bridgehead atoms. The first-order valence-electron chi connectivity index (χ1n) is 6.92. The first-order valence-corrected chi connectivity index (χ1v) is 6.92. The number of hydrogen-bond donors (Lipinski definition) is 1. The molecule has 0 unspecified atom stereocenters. The van der Waals surface area contributed by atoms with E-state index in [9.17, 15) is 32.9 Å². The topological polar surface area (TPSA) is 102 Å². The Morgan fingerprint density at radius 1 is 1.08 bits per heavy atom. The molecule has 0 radical (unpaired) electrons. The summed E-state index contributed by atoms with van der Waals surface area (Å²) >= 11 is 0. The number of aromatic nitrogens is 1. The predicted molar refractivity (Wildman–Crippen MR) is 83.0 cm³/mol. The smallest absolute Gasteiger partial charge is 0.341 e. The summed E-state index contributed by atoms with van der Waals surface area (Å²) in [7, 11) is 0. The van der Waals surface area contributed by atoms with Crippen molar-refractivity contribution < 1.29 is 28.0 Å². The van der Waals surface area contributed by atoms with Gasteiger partial charge in [0.05, 0.1) is 27.6 Å². The zero-order valence-corrected chi connectivity index (χ0v) is 12.6. The molecule has 7 nitrogen and oxygen atoms in total. The summed E-state index contributed by atoms with van der Waals surface area (Å²) in [4.78, 5) is 33.3. The highest BCUT2D eigenvalue weighted by Gasteiger charge is 2.20. The molecule has 1 heterocycles. The molecule has 0 aliphatic carbocycles. The molecule has 2 aromatic carbocycles. The lowest BCUT2D eigenvalue weighted by Gasteiger charge is -2.13. The van der Waals surface area contributed by atoms with Gasteiger partial charge in [-0.25, -0.2) is 18.0 Å². The predicted octanol–water partition coefficient (Wildman–Crippen LogP) is 3.01. The molecular formula is C16H7F3N2O5. The van der Waals surface area contributed by atoms with Gasteiger partial charge >= 0.3 is 5.97 Å². The number of carboxylic acid groups (broad SMARTS) is 1. The Hall–Kier alpha value is -3.69. The lowest BCUT2D eigenvalue weighted by Crippen LogP contribution is -2.19. The molecule has 0 saturated heterocycles. The lowest BCUT2D eigenvalue weighted by atomic mass is 10.1. The normalized spacial score (nSPS) is 10.9.